The van der Waals surface area contributed by atoms with E-state index in [1.807, 2.05) is 49.4 Å². The maximum atomic E-state index is 12.9. The predicted octanol–water partition coefficient (Wildman–Crippen LogP) is 3.75. The Morgan fingerprint density at radius 3 is 2.13 bits per heavy atom. The van der Waals surface area contributed by atoms with Crippen LogP contribution in [0.4, 0.5) is 0 Å². The van der Waals surface area contributed by atoms with Crippen LogP contribution in [0, 0.1) is 0 Å². The fraction of sp³-hybridized carbons (Fsp3) is 0.174. The molecule has 30 heavy (non-hydrogen) atoms. The lowest BCUT2D eigenvalue weighted by Gasteiger charge is -2.25. The average molecular weight is 425 g/mol. The van der Waals surface area contributed by atoms with E-state index >= 15 is 0 Å². The van der Waals surface area contributed by atoms with Gasteiger partial charge in [-0.05, 0) is 54.4 Å². The third-order valence-electron chi connectivity index (χ3n) is 4.94. The van der Waals surface area contributed by atoms with E-state index < -0.39 is 10.0 Å². The molecule has 0 aromatic heterocycles. The van der Waals surface area contributed by atoms with Crippen molar-refractivity contribution >= 4 is 15.9 Å². The summed E-state index contributed by atoms with van der Waals surface area (Å²) in [6.07, 6.45) is 0. The summed E-state index contributed by atoms with van der Waals surface area (Å²) in [6.45, 7) is 2.30. The van der Waals surface area contributed by atoms with E-state index in [1.165, 1.54) is 12.1 Å². The molecule has 156 valence electrons. The van der Waals surface area contributed by atoms with E-state index in [4.69, 9.17) is 9.88 Å². The molecule has 2 N–H and O–H groups in total. The molecule has 0 saturated carbocycles. The number of nitrogens with two attached hydrogens (primary N) is 1. The predicted molar refractivity (Wildman–Crippen MR) is 116 cm³/mol. The molecule has 1 amide bonds. The smallest absolute Gasteiger partial charge is 0.254 e. The molecule has 0 spiro atoms. The van der Waals surface area contributed by atoms with Gasteiger partial charge in [0.2, 0.25) is 10.0 Å². The number of para-hydroxylation sites is 1. The first-order valence-corrected chi connectivity index (χ1v) is 11.0. The van der Waals surface area contributed by atoms with Crippen LogP contribution in [0.3, 0.4) is 0 Å². The van der Waals surface area contributed by atoms with Crippen molar-refractivity contribution in [3.05, 3.63) is 95.6 Å². The summed E-state index contributed by atoms with van der Waals surface area (Å²) in [7, 11) is -2.03. The van der Waals surface area contributed by atoms with Gasteiger partial charge in [0, 0.05) is 12.6 Å². The molecule has 0 fully saturated rings. The number of carbonyl (C=O) groups is 1. The minimum atomic E-state index is -3.74. The van der Waals surface area contributed by atoms with Gasteiger partial charge in [0.1, 0.15) is 12.4 Å². The molecule has 0 saturated heterocycles. The fourth-order valence-electron chi connectivity index (χ4n) is 2.97. The largest absolute Gasteiger partial charge is 0.489 e. The average Bonchev–Trinajstić information content (AvgIpc) is 2.77. The summed E-state index contributed by atoms with van der Waals surface area (Å²) in [6, 6.07) is 22.8. The number of primary sulfonamides is 1. The number of ether oxygens (including phenoxy) is 1. The quantitative estimate of drug-likeness (QED) is 0.626. The summed E-state index contributed by atoms with van der Waals surface area (Å²) in [5, 5.41) is 5.13. The summed E-state index contributed by atoms with van der Waals surface area (Å²) in [4.78, 5) is 14.5. The molecule has 0 aliphatic heterocycles. The lowest BCUT2D eigenvalue weighted by atomic mass is 10.1. The third-order valence-corrected chi connectivity index (χ3v) is 5.87. The second-order valence-corrected chi connectivity index (χ2v) is 8.57. The van der Waals surface area contributed by atoms with Gasteiger partial charge in [-0.3, -0.25) is 4.79 Å². The van der Waals surface area contributed by atoms with Crippen LogP contribution in [0.5, 0.6) is 5.75 Å². The van der Waals surface area contributed by atoms with Crippen molar-refractivity contribution in [2.75, 3.05) is 7.05 Å². The molecule has 3 aromatic carbocycles. The molecule has 0 aliphatic rings. The Kier molecular flexibility index (Phi) is 6.54. The van der Waals surface area contributed by atoms with Crippen LogP contribution in [-0.4, -0.2) is 26.3 Å². The van der Waals surface area contributed by atoms with Crippen LogP contribution in [0.1, 0.15) is 34.5 Å². The number of amides is 1. The van der Waals surface area contributed by atoms with Crippen molar-refractivity contribution in [3.63, 3.8) is 0 Å². The third kappa shape index (κ3) is 5.25. The molecule has 7 heteroatoms. The van der Waals surface area contributed by atoms with Gasteiger partial charge in [-0.15, -0.1) is 0 Å². The highest BCUT2D eigenvalue weighted by molar-refractivity contribution is 7.89. The van der Waals surface area contributed by atoms with E-state index in [9.17, 15) is 13.2 Å². The van der Waals surface area contributed by atoms with Gasteiger partial charge in [0.25, 0.3) is 5.91 Å². The van der Waals surface area contributed by atoms with Gasteiger partial charge in [-0.25, -0.2) is 13.6 Å². The van der Waals surface area contributed by atoms with E-state index in [0.29, 0.717) is 12.2 Å². The molecule has 1 unspecified atom stereocenters. The first kappa shape index (κ1) is 21.5. The minimum Gasteiger partial charge on any atom is -0.489 e. The number of hydrogen-bond acceptors (Lipinski definition) is 4. The highest BCUT2D eigenvalue weighted by Crippen LogP contribution is 2.22. The zero-order valence-corrected chi connectivity index (χ0v) is 17.7. The molecule has 1 atom stereocenters. The van der Waals surface area contributed by atoms with Gasteiger partial charge in [-0.2, -0.15) is 0 Å². The van der Waals surface area contributed by atoms with Crippen LogP contribution < -0.4 is 9.88 Å². The Hall–Kier alpha value is -3.16. The lowest BCUT2D eigenvalue weighted by Crippen LogP contribution is -2.29. The Morgan fingerprint density at radius 1 is 0.967 bits per heavy atom. The summed E-state index contributed by atoms with van der Waals surface area (Å²) in [5.41, 5.74) is 2.34. The highest BCUT2D eigenvalue weighted by atomic mass is 32.2. The lowest BCUT2D eigenvalue weighted by molar-refractivity contribution is 0.0742. The van der Waals surface area contributed by atoms with Crippen molar-refractivity contribution in [1.29, 1.82) is 0 Å². The van der Waals surface area contributed by atoms with E-state index in [-0.39, 0.29) is 16.8 Å². The number of carbonyl (C=O) groups excluding carboxylic acids is 1. The molecular formula is C23H24N2O4S. The van der Waals surface area contributed by atoms with Gasteiger partial charge < -0.3 is 9.64 Å². The summed E-state index contributed by atoms with van der Waals surface area (Å²) >= 11 is 0. The van der Waals surface area contributed by atoms with E-state index in [2.05, 4.69) is 0 Å². The monoisotopic (exact) mass is 424 g/mol. The molecule has 0 bridgehead atoms. The summed E-state index contributed by atoms with van der Waals surface area (Å²) in [5.74, 6) is 0.660. The van der Waals surface area contributed by atoms with Crippen molar-refractivity contribution in [2.24, 2.45) is 5.14 Å². The van der Waals surface area contributed by atoms with Crippen LogP contribution in [0.2, 0.25) is 0 Å². The van der Waals surface area contributed by atoms with Crippen LogP contribution in [0.15, 0.2) is 83.8 Å². The van der Waals surface area contributed by atoms with E-state index in [1.54, 1.807) is 36.2 Å². The van der Waals surface area contributed by atoms with Crippen molar-refractivity contribution in [3.8, 4) is 5.75 Å². The standard InChI is InChI=1S/C23H24N2O4S/c1-17(19-12-14-22(15-13-19)30(24,27)28)25(2)23(26)20-10-8-18(9-11-20)16-29-21-6-4-3-5-7-21/h3-15,17H,16H2,1-2H3,(H2,24,27,28). The Morgan fingerprint density at radius 2 is 1.57 bits per heavy atom. The number of hydrogen-bond donors (Lipinski definition) is 1. The van der Waals surface area contributed by atoms with Crippen LogP contribution in [0.25, 0.3) is 0 Å². The highest BCUT2D eigenvalue weighted by Gasteiger charge is 2.19. The van der Waals surface area contributed by atoms with Crippen molar-refractivity contribution in [1.82, 2.24) is 4.90 Å². The second-order valence-electron chi connectivity index (χ2n) is 7.00. The molecule has 0 aliphatic carbocycles. The number of rotatable bonds is 7. The molecule has 0 heterocycles. The van der Waals surface area contributed by atoms with Crippen molar-refractivity contribution < 1.29 is 17.9 Å². The molecule has 3 rings (SSSR count). The maximum absolute atomic E-state index is 12.9. The number of nitrogens with zero attached hydrogens (tertiary/aromatic N) is 1. The van der Waals surface area contributed by atoms with Gasteiger partial charge in [0.05, 0.1) is 10.9 Å². The first-order valence-electron chi connectivity index (χ1n) is 9.42. The topological polar surface area (TPSA) is 89.7 Å². The molecular weight excluding hydrogens is 400 g/mol. The minimum absolute atomic E-state index is 0.0424. The van der Waals surface area contributed by atoms with Crippen molar-refractivity contribution in [2.45, 2.75) is 24.5 Å². The van der Waals surface area contributed by atoms with Crippen LogP contribution in [-0.2, 0) is 16.6 Å². The van der Waals surface area contributed by atoms with E-state index in [0.717, 1.165) is 16.9 Å². The maximum Gasteiger partial charge on any atom is 0.254 e. The SMILES string of the molecule is CC(c1ccc(S(N)(=O)=O)cc1)N(C)C(=O)c1ccc(COc2ccccc2)cc1. The number of sulfonamides is 1. The molecule has 6 nitrogen and oxygen atoms in total. The zero-order chi connectivity index (χ0) is 21.7. The van der Waals surface area contributed by atoms with Gasteiger partial charge in [-0.1, -0.05) is 42.5 Å². The second kappa shape index (κ2) is 9.11. The van der Waals surface area contributed by atoms with Gasteiger partial charge in [0.15, 0.2) is 0 Å². The first-order chi connectivity index (χ1) is 14.3. The molecule has 0 radical (unpaired) electrons. The molecule has 3 aromatic rings. The Labute approximate surface area is 177 Å². The fourth-order valence-corrected chi connectivity index (χ4v) is 3.48. The Balaban J connectivity index is 1.65. The Bertz CT molecular complexity index is 1100. The normalized spacial score (nSPS) is 12.2. The van der Waals surface area contributed by atoms with Gasteiger partial charge >= 0.3 is 0 Å². The van der Waals surface area contributed by atoms with Crippen LogP contribution >= 0.6 is 0 Å². The summed E-state index contributed by atoms with van der Waals surface area (Å²) < 4.78 is 28.5. The zero-order valence-electron chi connectivity index (χ0n) is 16.9. The number of benzene rings is 3.